The molecule has 3 heterocycles. The number of rotatable bonds is 5. The van der Waals surface area contributed by atoms with Crippen molar-refractivity contribution in [3.05, 3.63) is 78.4 Å². The number of amides is 1. The molecule has 0 radical (unpaired) electrons. The molecule has 2 aromatic heterocycles. The third kappa shape index (κ3) is 5.02. The van der Waals surface area contributed by atoms with E-state index in [2.05, 4.69) is 43.8 Å². The van der Waals surface area contributed by atoms with E-state index in [1.54, 1.807) is 6.07 Å². The number of piperidine rings is 1. The lowest BCUT2D eigenvalue weighted by molar-refractivity contribution is 0.102. The van der Waals surface area contributed by atoms with Crippen molar-refractivity contribution in [1.82, 2.24) is 20.1 Å². The Kier molecular flexibility index (Phi) is 6.14. The third-order valence-corrected chi connectivity index (χ3v) is 6.09. The van der Waals surface area contributed by atoms with Crippen molar-refractivity contribution in [3.8, 4) is 11.1 Å². The highest BCUT2D eigenvalue weighted by Gasteiger charge is 2.16. The van der Waals surface area contributed by atoms with Crippen molar-refractivity contribution in [2.45, 2.75) is 18.9 Å². The number of likely N-dealkylation sites (tertiary alicyclic amines) is 1. The number of carbonyl (C=O) groups excluding carboxylic acids is 1. The monoisotopic (exact) mass is 456 g/mol. The van der Waals surface area contributed by atoms with Crippen LogP contribution in [0.2, 0.25) is 0 Å². The quantitative estimate of drug-likeness (QED) is 0.457. The average molecular weight is 457 g/mol. The number of hydrogen-bond acceptors (Lipinski definition) is 6. The topological polar surface area (TPSA) is 83.0 Å². The maximum atomic E-state index is 13.1. The van der Waals surface area contributed by atoms with E-state index < -0.39 is 5.82 Å². The second-order valence-electron chi connectivity index (χ2n) is 8.65. The summed E-state index contributed by atoms with van der Waals surface area (Å²) in [5, 5.41) is 15.5. The number of fused-ring (bicyclic) bond motifs is 1. The predicted molar refractivity (Wildman–Crippen MR) is 131 cm³/mol. The molecule has 0 aliphatic carbocycles. The van der Waals surface area contributed by atoms with Gasteiger partial charge in [-0.25, -0.2) is 4.39 Å². The van der Waals surface area contributed by atoms with Crippen molar-refractivity contribution in [1.29, 1.82) is 0 Å². The fraction of sp³-hybridized carbons (Fsp3) is 0.231. The van der Waals surface area contributed by atoms with E-state index in [-0.39, 0.29) is 5.91 Å². The number of hydrogen-bond donors (Lipinski definition) is 2. The maximum absolute atomic E-state index is 13.1. The largest absolute Gasteiger partial charge is 0.381 e. The summed E-state index contributed by atoms with van der Waals surface area (Å²) in [6, 6.07) is 15.6. The molecule has 2 aromatic carbocycles. The number of pyridine rings is 1. The Labute approximate surface area is 197 Å². The molecule has 0 saturated carbocycles. The Morgan fingerprint density at radius 2 is 1.76 bits per heavy atom. The molecule has 5 rings (SSSR count). The molecular formula is C26H25FN6O. The van der Waals surface area contributed by atoms with Gasteiger partial charge in [-0.1, -0.05) is 6.07 Å². The fourth-order valence-electron chi connectivity index (χ4n) is 4.14. The standard InChI is InChI=1S/C26H25FN6O/c1-33-10-8-22(9-11-33)29-23-13-20(15-28-16-23)18-4-7-24-19(12-18)14-25(32-31-24)30-26(34)17-2-5-21(27)6-3-17/h2-7,12-16,22,29H,8-11H2,1H3,(H,30,32,34). The molecular weight excluding hydrogens is 431 g/mol. The van der Waals surface area contributed by atoms with Gasteiger partial charge in [0.15, 0.2) is 5.82 Å². The lowest BCUT2D eigenvalue weighted by Crippen LogP contribution is -2.36. The predicted octanol–water partition coefficient (Wildman–Crippen LogP) is 4.59. The minimum atomic E-state index is -0.394. The molecule has 1 aliphatic rings. The molecule has 1 fully saturated rings. The third-order valence-electron chi connectivity index (χ3n) is 6.09. The van der Waals surface area contributed by atoms with Crippen LogP contribution in [0, 0.1) is 5.82 Å². The van der Waals surface area contributed by atoms with Crippen LogP contribution in [0.4, 0.5) is 15.9 Å². The fourth-order valence-corrected chi connectivity index (χ4v) is 4.14. The second-order valence-corrected chi connectivity index (χ2v) is 8.65. The summed E-state index contributed by atoms with van der Waals surface area (Å²) < 4.78 is 13.1. The highest BCUT2D eigenvalue weighted by Crippen LogP contribution is 2.27. The Balaban J connectivity index is 1.35. The first kappa shape index (κ1) is 21.9. The molecule has 0 bridgehead atoms. The number of halogens is 1. The van der Waals surface area contributed by atoms with Crippen LogP contribution in [0.25, 0.3) is 22.0 Å². The maximum Gasteiger partial charge on any atom is 0.256 e. The van der Waals surface area contributed by atoms with Crippen molar-refractivity contribution >= 4 is 28.3 Å². The number of anilines is 2. The first-order valence-corrected chi connectivity index (χ1v) is 11.3. The number of nitrogens with one attached hydrogen (secondary N) is 2. The van der Waals surface area contributed by atoms with E-state index in [1.807, 2.05) is 30.6 Å². The van der Waals surface area contributed by atoms with Crippen molar-refractivity contribution in [2.24, 2.45) is 0 Å². The molecule has 8 heteroatoms. The average Bonchev–Trinajstić information content (AvgIpc) is 2.85. The molecule has 172 valence electrons. The van der Waals surface area contributed by atoms with Gasteiger partial charge in [0.25, 0.3) is 5.91 Å². The number of nitrogens with zero attached hydrogens (tertiary/aromatic N) is 4. The molecule has 0 atom stereocenters. The molecule has 2 N–H and O–H groups in total. The molecule has 1 saturated heterocycles. The summed E-state index contributed by atoms with van der Waals surface area (Å²) in [5.41, 5.74) is 4.06. The van der Waals surface area contributed by atoms with Gasteiger partial charge in [-0.3, -0.25) is 9.78 Å². The van der Waals surface area contributed by atoms with Gasteiger partial charge >= 0.3 is 0 Å². The molecule has 0 spiro atoms. The molecule has 1 aliphatic heterocycles. The molecule has 34 heavy (non-hydrogen) atoms. The summed E-state index contributed by atoms with van der Waals surface area (Å²) in [4.78, 5) is 19.2. The van der Waals surface area contributed by atoms with Gasteiger partial charge in [-0.05, 0) is 87.1 Å². The van der Waals surface area contributed by atoms with Gasteiger partial charge in [-0.15, -0.1) is 10.2 Å². The van der Waals surface area contributed by atoms with Gasteiger partial charge in [0.2, 0.25) is 0 Å². The Morgan fingerprint density at radius 3 is 2.56 bits per heavy atom. The number of carbonyl (C=O) groups is 1. The molecule has 7 nitrogen and oxygen atoms in total. The first-order valence-electron chi connectivity index (χ1n) is 11.3. The summed E-state index contributed by atoms with van der Waals surface area (Å²) >= 11 is 0. The zero-order chi connectivity index (χ0) is 23.5. The van der Waals surface area contributed by atoms with Crippen LogP contribution in [0.3, 0.4) is 0 Å². The van der Waals surface area contributed by atoms with Gasteiger partial charge < -0.3 is 15.5 Å². The van der Waals surface area contributed by atoms with E-state index >= 15 is 0 Å². The zero-order valence-corrected chi connectivity index (χ0v) is 18.8. The zero-order valence-electron chi connectivity index (χ0n) is 18.8. The van der Waals surface area contributed by atoms with Crippen LogP contribution >= 0.6 is 0 Å². The van der Waals surface area contributed by atoms with Gasteiger partial charge in [-0.2, -0.15) is 0 Å². The van der Waals surface area contributed by atoms with Crippen molar-refractivity contribution in [2.75, 3.05) is 30.8 Å². The molecule has 1 amide bonds. The summed E-state index contributed by atoms with van der Waals surface area (Å²) in [5.74, 6) is -0.439. The SMILES string of the molecule is CN1CCC(Nc2cncc(-c3ccc4nnc(NC(=O)c5ccc(F)cc5)cc4c3)c2)CC1. The van der Waals surface area contributed by atoms with Crippen LogP contribution in [0.15, 0.2) is 67.0 Å². The van der Waals surface area contributed by atoms with Crippen LogP contribution in [-0.2, 0) is 0 Å². The smallest absolute Gasteiger partial charge is 0.256 e. The summed E-state index contributed by atoms with van der Waals surface area (Å²) in [6.45, 7) is 2.19. The Hall–Kier alpha value is -3.91. The minimum Gasteiger partial charge on any atom is -0.381 e. The number of benzene rings is 2. The normalized spacial score (nSPS) is 14.8. The van der Waals surface area contributed by atoms with E-state index in [0.717, 1.165) is 53.6 Å². The van der Waals surface area contributed by atoms with E-state index in [1.165, 1.54) is 24.3 Å². The lowest BCUT2D eigenvalue weighted by atomic mass is 10.0. The first-order chi connectivity index (χ1) is 16.5. The van der Waals surface area contributed by atoms with Crippen LogP contribution in [0.1, 0.15) is 23.2 Å². The highest BCUT2D eigenvalue weighted by atomic mass is 19.1. The van der Waals surface area contributed by atoms with Gasteiger partial charge in [0.1, 0.15) is 5.82 Å². The van der Waals surface area contributed by atoms with Crippen LogP contribution in [0.5, 0.6) is 0 Å². The van der Waals surface area contributed by atoms with Crippen LogP contribution in [-0.4, -0.2) is 52.2 Å². The van der Waals surface area contributed by atoms with Crippen molar-refractivity contribution in [3.63, 3.8) is 0 Å². The lowest BCUT2D eigenvalue weighted by Gasteiger charge is -2.30. The van der Waals surface area contributed by atoms with Gasteiger partial charge in [0.05, 0.1) is 11.2 Å². The van der Waals surface area contributed by atoms with E-state index in [0.29, 0.717) is 17.4 Å². The Bertz CT molecular complexity index is 1320. The van der Waals surface area contributed by atoms with E-state index in [9.17, 15) is 9.18 Å². The van der Waals surface area contributed by atoms with Crippen molar-refractivity contribution < 1.29 is 9.18 Å². The van der Waals surface area contributed by atoms with Crippen LogP contribution < -0.4 is 10.6 Å². The molecule has 4 aromatic rings. The summed E-state index contributed by atoms with van der Waals surface area (Å²) in [7, 11) is 2.15. The highest BCUT2D eigenvalue weighted by molar-refractivity contribution is 6.04. The van der Waals surface area contributed by atoms with E-state index in [4.69, 9.17) is 0 Å². The Morgan fingerprint density at radius 1 is 0.971 bits per heavy atom. The second kappa shape index (κ2) is 9.52. The molecule has 0 unspecified atom stereocenters. The van der Waals surface area contributed by atoms with Gasteiger partial charge in [0, 0.05) is 34.9 Å². The summed E-state index contributed by atoms with van der Waals surface area (Å²) in [6.07, 6.45) is 5.92. The minimum absolute atomic E-state index is 0.329. The number of aromatic nitrogens is 3.